The number of thioether (sulfide) groups is 1. The van der Waals surface area contributed by atoms with Crippen LogP contribution in [-0.4, -0.2) is 28.4 Å². The second kappa shape index (κ2) is 8.82. The predicted octanol–water partition coefficient (Wildman–Crippen LogP) is 1.95. The number of carbonyl (C=O) groups is 1. The van der Waals surface area contributed by atoms with E-state index in [1.807, 2.05) is 25.6 Å². The highest BCUT2D eigenvalue weighted by Crippen LogP contribution is 2.08. The van der Waals surface area contributed by atoms with Crippen LogP contribution in [0, 0.1) is 5.92 Å². The fourth-order valence-electron chi connectivity index (χ4n) is 1.37. The van der Waals surface area contributed by atoms with Crippen molar-refractivity contribution in [2.24, 2.45) is 11.7 Å². The molecule has 0 heterocycles. The van der Waals surface area contributed by atoms with Crippen LogP contribution in [-0.2, 0) is 4.79 Å². The average Bonchev–Trinajstić information content (AvgIpc) is 2.22. The third-order valence-electron chi connectivity index (χ3n) is 2.20. The van der Waals surface area contributed by atoms with Gasteiger partial charge in [-0.1, -0.05) is 32.5 Å². The Kier molecular flexibility index (Phi) is 8.66. The van der Waals surface area contributed by atoms with Crippen molar-refractivity contribution in [1.29, 1.82) is 0 Å². The lowest BCUT2D eigenvalue weighted by molar-refractivity contribution is -0.123. The lowest BCUT2D eigenvalue weighted by Gasteiger charge is -2.18. The fourth-order valence-corrected chi connectivity index (χ4v) is 2.27. The Balaban J connectivity index is 4.13. The summed E-state index contributed by atoms with van der Waals surface area (Å²) in [7, 11) is 0. The van der Waals surface area contributed by atoms with E-state index in [1.54, 1.807) is 0 Å². The first kappa shape index (κ1) is 15.7. The number of amides is 1. The molecule has 16 heavy (non-hydrogen) atoms. The molecule has 0 saturated carbocycles. The van der Waals surface area contributed by atoms with Gasteiger partial charge in [0, 0.05) is 11.8 Å². The second-order valence-corrected chi connectivity index (χ2v) is 5.60. The molecule has 0 rings (SSSR count). The second-order valence-electron chi connectivity index (χ2n) is 3.81. The molecule has 94 valence electrons. The molecular weight excluding hydrogens is 240 g/mol. The zero-order valence-electron chi connectivity index (χ0n) is 10.3. The van der Waals surface area contributed by atoms with Gasteiger partial charge in [0.15, 0.2) is 0 Å². The number of hydrogen-bond acceptors (Lipinski definition) is 3. The third-order valence-corrected chi connectivity index (χ3v) is 3.63. The number of nitrogens with one attached hydrogen (secondary N) is 1. The Labute approximate surface area is 108 Å². The summed E-state index contributed by atoms with van der Waals surface area (Å²) in [6, 6.07) is 0.172. The van der Waals surface area contributed by atoms with Crippen LogP contribution < -0.4 is 11.1 Å². The van der Waals surface area contributed by atoms with Crippen LogP contribution in [0.25, 0.3) is 0 Å². The number of carbonyl (C=O) groups excluding carboxylic acids is 1. The summed E-state index contributed by atoms with van der Waals surface area (Å²) >= 11 is 6.72. The lowest BCUT2D eigenvalue weighted by atomic mass is 10.0. The quantitative estimate of drug-likeness (QED) is 0.657. The highest BCUT2D eigenvalue weighted by molar-refractivity contribution is 7.99. The molecule has 0 saturated heterocycles. The molecule has 3 nitrogen and oxygen atoms in total. The summed E-state index contributed by atoms with van der Waals surface area (Å²) < 4.78 is 0. The molecule has 2 unspecified atom stereocenters. The van der Waals surface area contributed by atoms with Gasteiger partial charge in [0.25, 0.3) is 0 Å². The normalized spacial score (nSPS) is 14.2. The third kappa shape index (κ3) is 6.33. The monoisotopic (exact) mass is 262 g/mol. The first-order valence-corrected chi connectivity index (χ1v) is 7.26. The summed E-state index contributed by atoms with van der Waals surface area (Å²) in [6.07, 6.45) is 1.64. The average molecular weight is 262 g/mol. The van der Waals surface area contributed by atoms with Crippen molar-refractivity contribution in [3.8, 4) is 0 Å². The maximum atomic E-state index is 11.9. The van der Waals surface area contributed by atoms with E-state index in [-0.39, 0.29) is 17.9 Å². The van der Waals surface area contributed by atoms with Crippen LogP contribution in [0.3, 0.4) is 0 Å². The Bertz CT molecular complexity index is 234. The van der Waals surface area contributed by atoms with Gasteiger partial charge < -0.3 is 11.1 Å². The Morgan fingerprint density at radius 2 is 2.12 bits per heavy atom. The van der Waals surface area contributed by atoms with E-state index < -0.39 is 0 Å². The van der Waals surface area contributed by atoms with E-state index >= 15 is 0 Å². The smallest absolute Gasteiger partial charge is 0.230 e. The van der Waals surface area contributed by atoms with Crippen molar-refractivity contribution < 1.29 is 4.79 Å². The van der Waals surface area contributed by atoms with Gasteiger partial charge in [-0.05, 0) is 19.1 Å². The molecular formula is C11H22N2OS2. The Hall–Kier alpha value is -0.290. The summed E-state index contributed by atoms with van der Waals surface area (Å²) in [6.45, 7) is 6.13. The Morgan fingerprint density at radius 1 is 1.50 bits per heavy atom. The lowest BCUT2D eigenvalue weighted by Crippen LogP contribution is -2.42. The van der Waals surface area contributed by atoms with Gasteiger partial charge in [-0.25, -0.2) is 0 Å². The molecule has 0 bridgehead atoms. The van der Waals surface area contributed by atoms with Crippen molar-refractivity contribution in [1.82, 2.24) is 5.32 Å². The maximum Gasteiger partial charge on any atom is 0.230 e. The largest absolute Gasteiger partial charge is 0.393 e. The highest BCUT2D eigenvalue weighted by Gasteiger charge is 2.21. The van der Waals surface area contributed by atoms with Crippen LogP contribution in [0.4, 0.5) is 0 Å². The zero-order chi connectivity index (χ0) is 12.6. The van der Waals surface area contributed by atoms with E-state index in [0.29, 0.717) is 4.99 Å². The highest BCUT2D eigenvalue weighted by atomic mass is 32.2. The molecule has 0 aromatic rings. The minimum absolute atomic E-state index is 0.0291. The van der Waals surface area contributed by atoms with Gasteiger partial charge in [-0.15, -0.1) is 0 Å². The fraction of sp³-hybridized carbons (Fsp3) is 0.818. The van der Waals surface area contributed by atoms with Gasteiger partial charge in [0.05, 0.1) is 10.9 Å². The Morgan fingerprint density at radius 3 is 2.56 bits per heavy atom. The van der Waals surface area contributed by atoms with Crippen LogP contribution in [0.2, 0.25) is 0 Å². The summed E-state index contributed by atoms with van der Waals surface area (Å²) in [4.78, 5) is 12.2. The molecule has 2 atom stereocenters. The number of rotatable bonds is 8. The van der Waals surface area contributed by atoms with Gasteiger partial charge in [0.1, 0.15) is 0 Å². The van der Waals surface area contributed by atoms with E-state index in [0.717, 1.165) is 24.3 Å². The van der Waals surface area contributed by atoms with Crippen molar-refractivity contribution in [3.63, 3.8) is 0 Å². The number of hydrogen-bond donors (Lipinski definition) is 2. The van der Waals surface area contributed by atoms with Crippen molar-refractivity contribution >= 4 is 34.9 Å². The molecule has 0 aliphatic carbocycles. The SMILES string of the molecule is CCCC(C(=O)NC(C)CSCC)C(N)=S. The summed E-state index contributed by atoms with van der Waals surface area (Å²) in [5.41, 5.74) is 5.56. The molecule has 0 spiro atoms. The number of nitrogens with two attached hydrogens (primary N) is 1. The van der Waals surface area contributed by atoms with E-state index in [2.05, 4.69) is 12.2 Å². The topological polar surface area (TPSA) is 55.1 Å². The first-order chi connectivity index (χ1) is 7.52. The van der Waals surface area contributed by atoms with Crippen molar-refractivity contribution in [2.75, 3.05) is 11.5 Å². The van der Waals surface area contributed by atoms with Gasteiger partial charge in [-0.2, -0.15) is 11.8 Å². The molecule has 1 amide bonds. The van der Waals surface area contributed by atoms with Crippen molar-refractivity contribution in [2.45, 2.75) is 39.7 Å². The van der Waals surface area contributed by atoms with E-state index in [9.17, 15) is 4.79 Å². The van der Waals surface area contributed by atoms with Gasteiger partial charge >= 0.3 is 0 Å². The summed E-state index contributed by atoms with van der Waals surface area (Å²) in [5, 5.41) is 2.95. The van der Waals surface area contributed by atoms with Crippen LogP contribution in [0.1, 0.15) is 33.6 Å². The van der Waals surface area contributed by atoms with Gasteiger partial charge in [0.2, 0.25) is 5.91 Å². The molecule has 0 aromatic heterocycles. The van der Waals surface area contributed by atoms with Gasteiger partial charge in [-0.3, -0.25) is 4.79 Å². The molecule has 3 N–H and O–H groups in total. The first-order valence-electron chi connectivity index (χ1n) is 5.70. The molecule has 0 aliphatic rings. The minimum atomic E-state index is -0.311. The molecule has 0 aliphatic heterocycles. The molecule has 0 radical (unpaired) electrons. The van der Waals surface area contributed by atoms with E-state index in [4.69, 9.17) is 18.0 Å². The molecule has 5 heteroatoms. The summed E-state index contributed by atoms with van der Waals surface area (Å²) in [5.74, 6) is 1.65. The molecule has 0 aromatic carbocycles. The maximum absolute atomic E-state index is 11.9. The van der Waals surface area contributed by atoms with Crippen LogP contribution in [0.15, 0.2) is 0 Å². The van der Waals surface area contributed by atoms with Crippen molar-refractivity contribution in [3.05, 3.63) is 0 Å². The van der Waals surface area contributed by atoms with Crippen LogP contribution in [0.5, 0.6) is 0 Å². The minimum Gasteiger partial charge on any atom is -0.393 e. The van der Waals surface area contributed by atoms with Crippen LogP contribution >= 0.6 is 24.0 Å². The standard InChI is InChI=1S/C11H22N2OS2/c1-4-6-9(10(12)15)11(14)13-8(3)7-16-5-2/h8-9H,4-7H2,1-3H3,(H2,12,15)(H,13,14). The number of thiocarbonyl (C=S) groups is 1. The van der Waals surface area contributed by atoms with E-state index in [1.165, 1.54) is 0 Å². The zero-order valence-corrected chi connectivity index (χ0v) is 11.9. The molecule has 0 fully saturated rings. The predicted molar refractivity (Wildman–Crippen MR) is 75.8 cm³/mol.